The minimum atomic E-state index is -0.444. The SMILES string of the molecule is NC(CNCc1cccc(Br)c1)C(=O)N1CCCCC1. The van der Waals surface area contributed by atoms with Crippen LogP contribution in [0.5, 0.6) is 0 Å². The molecule has 2 rings (SSSR count). The first-order valence-corrected chi connectivity index (χ1v) is 7.95. The van der Waals surface area contributed by atoms with Gasteiger partial charge in [-0.25, -0.2) is 0 Å². The highest BCUT2D eigenvalue weighted by Gasteiger charge is 2.21. The van der Waals surface area contributed by atoms with Crippen LogP contribution in [0.15, 0.2) is 28.7 Å². The van der Waals surface area contributed by atoms with Gasteiger partial charge < -0.3 is 16.0 Å². The standard InChI is InChI=1S/C15H22BrN3O/c16-13-6-4-5-12(9-13)10-18-11-14(17)15(20)19-7-2-1-3-8-19/h4-6,9,14,18H,1-3,7-8,10-11,17H2. The van der Waals surface area contributed by atoms with Crippen molar-refractivity contribution < 1.29 is 4.79 Å². The number of likely N-dealkylation sites (tertiary alicyclic amines) is 1. The van der Waals surface area contributed by atoms with E-state index < -0.39 is 6.04 Å². The van der Waals surface area contributed by atoms with E-state index in [4.69, 9.17) is 5.73 Å². The van der Waals surface area contributed by atoms with Crippen molar-refractivity contribution in [3.8, 4) is 0 Å². The number of carbonyl (C=O) groups is 1. The number of benzene rings is 1. The zero-order chi connectivity index (χ0) is 14.4. The van der Waals surface area contributed by atoms with E-state index in [9.17, 15) is 4.79 Å². The van der Waals surface area contributed by atoms with Crippen LogP contribution in [0.4, 0.5) is 0 Å². The zero-order valence-corrected chi connectivity index (χ0v) is 13.2. The number of nitrogens with two attached hydrogens (primary N) is 1. The van der Waals surface area contributed by atoms with Gasteiger partial charge in [0.2, 0.25) is 5.91 Å². The lowest BCUT2D eigenvalue weighted by atomic mass is 10.1. The number of carbonyl (C=O) groups excluding carboxylic acids is 1. The molecule has 3 N–H and O–H groups in total. The van der Waals surface area contributed by atoms with E-state index in [2.05, 4.69) is 33.4 Å². The van der Waals surface area contributed by atoms with Crippen molar-refractivity contribution in [1.82, 2.24) is 10.2 Å². The highest BCUT2D eigenvalue weighted by atomic mass is 79.9. The molecule has 0 aromatic heterocycles. The summed E-state index contributed by atoms with van der Waals surface area (Å²) in [4.78, 5) is 14.0. The van der Waals surface area contributed by atoms with Crippen molar-refractivity contribution in [3.63, 3.8) is 0 Å². The molecule has 4 nitrogen and oxygen atoms in total. The first kappa shape index (κ1) is 15.5. The van der Waals surface area contributed by atoms with Crippen molar-refractivity contribution in [1.29, 1.82) is 0 Å². The molecule has 1 amide bonds. The second kappa shape index (κ2) is 7.76. The fourth-order valence-electron chi connectivity index (χ4n) is 2.46. The summed E-state index contributed by atoms with van der Waals surface area (Å²) in [5.74, 6) is 0.0754. The van der Waals surface area contributed by atoms with Crippen molar-refractivity contribution in [2.75, 3.05) is 19.6 Å². The molecule has 5 heteroatoms. The van der Waals surface area contributed by atoms with Crippen molar-refractivity contribution in [3.05, 3.63) is 34.3 Å². The highest BCUT2D eigenvalue weighted by molar-refractivity contribution is 9.10. The fraction of sp³-hybridized carbons (Fsp3) is 0.533. The molecule has 1 unspecified atom stereocenters. The number of nitrogens with one attached hydrogen (secondary N) is 1. The van der Waals surface area contributed by atoms with Crippen LogP contribution in [0.1, 0.15) is 24.8 Å². The Labute approximate surface area is 128 Å². The van der Waals surface area contributed by atoms with Gasteiger partial charge >= 0.3 is 0 Å². The summed E-state index contributed by atoms with van der Waals surface area (Å²) in [6.45, 7) is 2.96. The molecular weight excluding hydrogens is 318 g/mol. The second-order valence-electron chi connectivity index (χ2n) is 5.25. The third kappa shape index (κ3) is 4.58. The highest BCUT2D eigenvalue weighted by Crippen LogP contribution is 2.11. The first-order chi connectivity index (χ1) is 9.66. The molecule has 1 heterocycles. The van der Waals surface area contributed by atoms with Crippen LogP contribution in [-0.2, 0) is 11.3 Å². The molecule has 1 fully saturated rings. The molecule has 20 heavy (non-hydrogen) atoms. The molecule has 1 atom stereocenters. The van der Waals surface area contributed by atoms with Gasteiger partial charge in [0.15, 0.2) is 0 Å². The number of halogens is 1. The summed E-state index contributed by atoms with van der Waals surface area (Å²) < 4.78 is 1.06. The van der Waals surface area contributed by atoms with E-state index in [1.54, 1.807) is 0 Å². The number of rotatable bonds is 5. The van der Waals surface area contributed by atoms with Crippen LogP contribution in [-0.4, -0.2) is 36.5 Å². The minimum Gasteiger partial charge on any atom is -0.341 e. The molecule has 0 bridgehead atoms. The lowest BCUT2D eigenvalue weighted by Crippen LogP contribution is -2.50. The van der Waals surface area contributed by atoms with Crippen LogP contribution in [0.25, 0.3) is 0 Å². The molecule has 0 saturated carbocycles. The number of hydrogen-bond donors (Lipinski definition) is 2. The summed E-state index contributed by atoms with van der Waals surface area (Å²) in [7, 11) is 0. The fourth-order valence-corrected chi connectivity index (χ4v) is 2.90. The molecule has 1 aliphatic heterocycles. The monoisotopic (exact) mass is 339 g/mol. The number of amides is 1. The van der Waals surface area contributed by atoms with Gasteiger partial charge in [-0.1, -0.05) is 28.1 Å². The minimum absolute atomic E-state index is 0.0754. The van der Waals surface area contributed by atoms with Crippen LogP contribution in [0.3, 0.4) is 0 Å². The van der Waals surface area contributed by atoms with Crippen LogP contribution in [0, 0.1) is 0 Å². The van der Waals surface area contributed by atoms with Gasteiger partial charge in [-0.15, -0.1) is 0 Å². The van der Waals surface area contributed by atoms with Crippen LogP contribution < -0.4 is 11.1 Å². The zero-order valence-electron chi connectivity index (χ0n) is 11.6. The van der Waals surface area contributed by atoms with E-state index in [0.717, 1.165) is 36.9 Å². The number of nitrogens with zero attached hydrogens (tertiary/aromatic N) is 1. The third-order valence-electron chi connectivity index (χ3n) is 3.57. The topological polar surface area (TPSA) is 58.4 Å². The van der Waals surface area contributed by atoms with E-state index in [1.807, 2.05) is 17.0 Å². The average molecular weight is 340 g/mol. The Bertz CT molecular complexity index is 446. The molecule has 110 valence electrons. The Kier molecular flexibility index (Phi) is 6.01. The maximum absolute atomic E-state index is 12.1. The van der Waals surface area contributed by atoms with Gasteiger partial charge in [-0.05, 0) is 37.0 Å². The predicted molar refractivity (Wildman–Crippen MR) is 84.3 cm³/mol. The molecular formula is C15H22BrN3O. The van der Waals surface area contributed by atoms with Gasteiger partial charge in [-0.2, -0.15) is 0 Å². The molecule has 1 aromatic rings. The quantitative estimate of drug-likeness (QED) is 0.861. The number of hydrogen-bond acceptors (Lipinski definition) is 3. The lowest BCUT2D eigenvalue weighted by Gasteiger charge is -2.29. The van der Waals surface area contributed by atoms with E-state index in [0.29, 0.717) is 6.54 Å². The second-order valence-corrected chi connectivity index (χ2v) is 6.17. The third-order valence-corrected chi connectivity index (χ3v) is 4.06. The van der Waals surface area contributed by atoms with E-state index >= 15 is 0 Å². The van der Waals surface area contributed by atoms with Crippen molar-refractivity contribution >= 4 is 21.8 Å². The lowest BCUT2D eigenvalue weighted by molar-refractivity contribution is -0.133. The van der Waals surface area contributed by atoms with Gasteiger partial charge in [0.25, 0.3) is 0 Å². The summed E-state index contributed by atoms with van der Waals surface area (Å²) >= 11 is 3.45. The smallest absolute Gasteiger partial charge is 0.240 e. The van der Waals surface area contributed by atoms with Crippen molar-refractivity contribution in [2.24, 2.45) is 5.73 Å². The molecule has 1 aromatic carbocycles. The van der Waals surface area contributed by atoms with Gasteiger partial charge in [-0.3, -0.25) is 4.79 Å². The van der Waals surface area contributed by atoms with E-state index in [-0.39, 0.29) is 5.91 Å². The largest absolute Gasteiger partial charge is 0.341 e. The summed E-state index contributed by atoms with van der Waals surface area (Å²) in [5, 5.41) is 3.26. The summed E-state index contributed by atoms with van der Waals surface area (Å²) in [6, 6.07) is 7.66. The molecule has 0 radical (unpaired) electrons. The van der Waals surface area contributed by atoms with Gasteiger partial charge in [0.1, 0.15) is 0 Å². The van der Waals surface area contributed by atoms with Gasteiger partial charge in [0, 0.05) is 30.7 Å². The Morgan fingerprint density at radius 2 is 2.10 bits per heavy atom. The Morgan fingerprint density at radius 1 is 1.35 bits per heavy atom. The van der Waals surface area contributed by atoms with Crippen LogP contribution in [0.2, 0.25) is 0 Å². The first-order valence-electron chi connectivity index (χ1n) is 7.16. The summed E-state index contributed by atoms with van der Waals surface area (Å²) in [5.41, 5.74) is 7.16. The molecule has 0 spiro atoms. The van der Waals surface area contributed by atoms with Gasteiger partial charge in [0.05, 0.1) is 6.04 Å². The Hall–Kier alpha value is -0.910. The van der Waals surface area contributed by atoms with Crippen molar-refractivity contribution in [2.45, 2.75) is 31.8 Å². The normalized spacial score (nSPS) is 17.0. The number of piperidine rings is 1. The van der Waals surface area contributed by atoms with E-state index in [1.165, 1.54) is 12.0 Å². The van der Waals surface area contributed by atoms with Crippen LogP contribution >= 0.6 is 15.9 Å². The maximum atomic E-state index is 12.1. The molecule has 0 aliphatic carbocycles. The Morgan fingerprint density at radius 3 is 2.80 bits per heavy atom. The summed E-state index contributed by atoms with van der Waals surface area (Å²) in [6.07, 6.45) is 3.42. The Balaban J connectivity index is 1.74. The average Bonchev–Trinajstić information content (AvgIpc) is 2.47. The molecule has 1 saturated heterocycles. The maximum Gasteiger partial charge on any atom is 0.240 e. The molecule has 1 aliphatic rings. The predicted octanol–water partition coefficient (Wildman–Crippen LogP) is 1.88.